The smallest absolute Gasteiger partial charge is 0.268 e. The monoisotopic (exact) mass is 540 g/mol. The van der Waals surface area contributed by atoms with Gasteiger partial charge in [-0.15, -0.1) is 0 Å². The molecule has 2 aromatic rings. The average Bonchev–Trinajstić information content (AvgIpc) is 3.19. The highest BCUT2D eigenvalue weighted by molar-refractivity contribution is 7.89. The number of hydrogen-bond donors (Lipinski definition) is 2. The van der Waals surface area contributed by atoms with Crippen LogP contribution >= 0.6 is 0 Å². The second kappa shape index (κ2) is 11.6. The number of hydrogen-bond acceptors (Lipinski definition) is 5. The fraction of sp³-hybridized carbons (Fsp3) is 0.586. The Balaban J connectivity index is 1.73. The number of nitrogens with one attached hydrogen (secondary N) is 2. The zero-order valence-corrected chi connectivity index (χ0v) is 23.8. The summed E-state index contributed by atoms with van der Waals surface area (Å²) in [4.78, 5) is 13.3. The molecule has 1 saturated heterocycles. The fourth-order valence-electron chi connectivity index (χ4n) is 5.60. The van der Waals surface area contributed by atoms with Gasteiger partial charge in [0.15, 0.2) is 0 Å². The van der Waals surface area contributed by atoms with E-state index in [9.17, 15) is 18.5 Å². The van der Waals surface area contributed by atoms with E-state index >= 15 is 0 Å². The lowest BCUT2D eigenvalue weighted by Crippen LogP contribution is -2.40. The Hall–Kier alpha value is -2.67. The number of carbonyl (C=O) groups is 1. The predicted molar refractivity (Wildman–Crippen MR) is 147 cm³/mol. The van der Waals surface area contributed by atoms with E-state index in [-0.39, 0.29) is 22.4 Å². The molecule has 0 unspecified atom stereocenters. The van der Waals surface area contributed by atoms with E-state index in [0.29, 0.717) is 24.8 Å². The zero-order chi connectivity index (χ0) is 27.5. The van der Waals surface area contributed by atoms with Gasteiger partial charge in [0.25, 0.3) is 5.91 Å². The van der Waals surface area contributed by atoms with Crippen molar-refractivity contribution in [1.29, 1.82) is 5.26 Å². The lowest BCUT2D eigenvalue weighted by molar-refractivity contribution is 0.0692. The van der Waals surface area contributed by atoms with E-state index in [1.165, 1.54) is 25.3 Å². The van der Waals surface area contributed by atoms with E-state index in [0.717, 1.165) is 48.9 Å². The lowest BCUT2D eigenvalue weighted by atomic mass is 9.85. The lowest BCUT2D eigenvalue weighted by Gasteiger charge is -2.24. The molecule has 1 aromatic heterocycles. The van der Waals surface area contributed by atoms with Crippen LogP contribution in [0.25, 0.3) is 11.1 Å². The summed E-state index contributed by atoms with van der Waals surface area (Å²) in [5.41, 5.74) is 2.63. The van der Waals surface area contributed by atoms with Crippen LogP contribution < -0.4 is 10.0 Å². The predicted octanol–water partition coefficient (Wildman–Crippen LogP) is 4.67. The number of rotatable bonds is 7. The molecule has 9 heteroatoms. The van der Waals surface area contributed by atoms with Gasteiger partial charge in [-0.3, -0.25) is 4.79 Å². The second-order valence-corrected chi connectivity index (χ2v) is 13.3. The van der Waals surface area contributed by atoms with Gasteiger partial charge in [0.1, 0.15) is 11.8 Å². The van der Waals surface area contributed by atoms with Crippen molar-refractivity contribution in [2.45, 2.75) is 88.6 Å². The summed E-state index contributed by atoms with van der Waals surface area (Å²) in [5, 5.41) is 13.1. The van der Waals surface area contributed by atoms with Crippen molar-refractivity contribution in [2.75, 3.05) is 13.2 Å². The molecule has 2 heterocycles. The minimum Gasteiger partial charge on any atom is -0.381 e. The van der Waals surface area contributed by atoms with Crippen LogP contribution in [0.1, 0.15) is 87.5 Å². The molecule has 1 aliphatic carbocycles. The minimum absolute atomic E-state index is 0.0408. The van der Waals surface area contributed by atoms with Crippen molar-refractivity contribution in [3.05, 3.63) is 41.2 Å². The molecular formula is C29H40N4O4S. The summed E-state index contributed by atoms with van der Waals surface area (Å²) in [6.45, 7) is 6.58. The van der Waals surface area contributed by atoms with Crippen molar-refractivity contribution in [3.63, 3.8) is 0 Å². The molecule has 0 atom stereocenters. The molecule has 0 radical (unpaired) electrons. The maximum absolute atomic E-state index is 13.4. The van der Waals surface area contributed by atoms with Gasteiger partial charge in [0, 0.05) is 43.1 Å². The first-order chi connectivity index (χ1) is 18.0. The number of amides is 1. The highest BCUT2D eigenvalue weighted by Crippen LogP contribution is 2.35. The van der Waals surface area contributed by atoms with E-state index in [4.69, 9.17) is 4.74 Å². The van der Waals surface area contributed by atoms with Gasteiger partial charge in [-0.1, -0.05) is 38.2 Å². The van der Waals surface area contributed by atoms with Crippen LogP contribution in [0.3, 0.4) is 0 Å². The number of carbonyl (C=O) groups excluding carboxylic acids is 1. The van der Waals surface area contributed by atoms with E-state index in [2.05, 4.69) is 16.1 Å². The van der Waals surface area contributed by atoms with Crippen molar-refractivity contribution >= 4 is 15.9 Å². The molecular weight excluding hydrogens is 500 g/mol. The Labute approximate surface area is 226 Å². The molecule has 1 aromatic carbocycles. The number of aromatic nitrogens is 1. The molecule has 8 nitrogen and oxygen atoms in total. The first-order valence-corrected chi connectivity index (χ1v) is 15.1. The number of nitriles is 1. The molecule has 0 bridgehead atoms. The third kappa shape index (κ3) is 6.66. The molecule has 1 aliphatic heterocycles. The van der Waals surface area contributed by atoms with Gasteiger partial charge >= 0.3 is 0 Å². The van der Waals surface area contributed by atoms with Crippen molar-refractivity contribution in [1.82, 2.24) is 14.6 Å². The van der Waals surface area contributed by atoms with Gasteiger partial charge in [-0.25, -0.2) is 13.1 Å². The topological polar surface area (TPSA) is 113 Å². The molecule has 1 saturated carbocycles. The summed E-state index contributed by atoms with van der Waals surface area (Å²) in [7, 11) is -1.95. The van der Waals surface area contributed by atoms with Crippen LogP contribution in [0.2, 0.25) is 0 Å². The summed E-state index contributed by atoms with van der Waals surface area (Å²) in [5.74, 6) is 0.415. The Morgan fingerprint density at radius 3 is 2.42 bits per heavy atom. The van der Waals surface area contributed by atoms with Gasteiger partial charge in [-0.2, -0.15) is 5.26 Å². The number of ether oxygens (including phenoxy) is 1. The summed E-state index contributed by atoms with van der Waals surface area (Å²) < 4.78 is 36.1. The van der Waals surface area contributed by atoms with Crippen molar-refractivity contribution in [3.8, 4) is 17.2 Å². The number of sulfonamides is 1. The van der Waals surface area contributed by atoms with Crippen LogP contribution in [0.5, 0.6) is 0 Å². The van der Waals surface area contributed by atoms with E-state index in [1.807, 2.05) is 17.7 Å². The molecule has 2 fully saturated rings. The van der Waals surface area contributed by atoms with Gasteiger partial charge < -0.3 is 14.6 Å². The highest BCUT2D eigenvalue weighted by Gasteiger charge is 2.28. The van der Waals surface area contributed by atoms with Gasteiger partial charge in [0.2, 0.25) is 10.0 Å². The number of benzene rings is 1. The zero-order valence-electron chi connectivity index (χ0n) is 23.0. The second-order valence-electron chi connectivity index (χ2n) is 11.7. The molecule has 2 aliphatic rings. The Morgan fingerprint density at radius 2 is 1.79 bits per heavy atom. The van der Waals surface area contributed by atoms with Crippen LogP contribution in [0.15, 0.2) is 29.2 Å². The largest absolute Gasteiger partial charge is 0.381 e. The van der Waals surface area contributed by atoms with Gasteiger partial charge in [-0.05, 0) is 69.7 Å². The first kappa shape index (κ1) is 28.3. The third-order valence-electron chi connectivity index (χ3n) is 7.50. The third-order valence-corrected chi connectivity index (χ3v) is 9.31. The average molecular weight is 541 g/mol. The van der Waals surface area contributed by atoms with Crippen LogP contribution in [-0.2, 0) is 28.2 Å². The Kier molecular flexibility index (Phi) is 8.65. The van der Waals surface area contributed by atoms with Crippen molar-refractivity contribution < 1.29 is 17.9 Å². The molecule has 0 spiro atoms. The molecule has 4 rings (SSSR count). The van der Waals surface area contributed by atoms with Crippen LogP contribution in [0.4, 0.5) is 0 Å². The van der Waals surface area contributed by atoms with Crippen LogP contribution in [0, 0.1) is 17.2 Å². The fourth-order valence-corrected chi connectivity index (χ4v) is 7.16. The summed E-state index contributed by atoms with van der Waals surface area (Å²) in [6.07, 6.45) is 8.44. The Morgan fingerprint density at radius 1 is 1.11 bits per heavy atom. The number of nitrogens with zero attached hydrogens (tertiary/aromatic N) is 2. The first-order valence-electron chi connectivity index (χ1n) is 13.6. The Bertz CT molecular complexity index is 1310. The normalized spacial score (nSPS) is 17.8. The highest BCUT2D eigenvalue weighted by atomic mass is 32.2. The summed E-state index contributed by atoms with van der Waals surface area (Å²) in [6, 6.07) is 8.94. The minimum atomic E-state index is -3.88. The quantitative estimate of drug-likeness (QED) is 0.530. The molecule has 206 valence electrons. The summed E-state index contributed by atoms with van der Waals surface area (Å²) >= 11 is 0. The standard InChI is InChI=1S/C29H40N4O4S/c1-29(2,3)32-38(35,36)27-11-10-21(17-22(27)19-30)24-18-26(28(34)31-23-12-14-37-15-13-23)33(4)25(24)16-20-8-6-5-7-9-20/h10-11,17-18,20,23,32H,5-9,12-16H2,1-4H3,(H,31,34). The van der Waals surface area contributed by atoms with Crippen molar-refractivity contribution in [2.24, 2.45) is 13.0 Å². The van der Waals surface area contributed by atoms with Crippen LogP contribution in [-0.4, -0.2) is 43.7 Å². The molecule has 2 N–H and O–H groups in total. The molecule has 1 amide bonds. The SMILES string of the molecule is Cn1c(C(=O)NC2CCOCC2)cc(-c2ccc(S(=O)(=O)NC(C)(C)C)c(C#N)c2)c1CC1CCCCC1. The maximum atomic E-state index is 13.4. The maximum Gasteiger partial charge on any atom is 0.268 e. The molecule has 38 heavy (non-hydrogen) atoms. The van der Waals surface area contributed by atoms with Gasteiger partial charge in [0.05, 0.1) is 10.5 Å². The van der Waals surface area contributed by atoms with E-state index < -0.39 is 15.6 Å². The van der Waals surface area contributed by atoms with E-state index in [1.54, 1.807) is 32.9 Å².